The highest BCUT2D eigenvalue weighted by molar-refractivity contribution is 5.79. The molecule has 1 aromatic carbocycles. The van der Waals surface area contributed by atoms with Crippen LogP contribution in [0.4, 0.5) is 0 Å². The second-order valence-electron chi connectivity index (χ2n) is 5.58. The molecule has 1 saturated carbocycles. The van der Waals surface area contributed by atoms with Crippen LogP contribution in [0.2, 0.25) is 0 Å². The van der Waals surface area contributed by atoms with Crippen molar-refractivity contribution in [1.29, 1.82) is 0 Å². The Labute approximate surface area is 120 Å². The largest absolute Gasteiger partial charge is 0.339 e. The molecule has 0 bridgehead atoms. The van der Waals surface area contributed by atoms with E-state index in [9.17, 15) is 0 Å². The maximum Gasteiger partial charge on any atom is 0.208 e. The zero-order valence-electron chi connectivity index (χ0n) is 11.8. The predicted molar refractivity (Wildman–Crippen MR) is 81.1 cm³/mol. The predicted octanol–water partition coefficient (Wildman–Crippen LogP) is 0.786. The first-order valence-electron chi connectivity index (χ1n) is 7.41. The van der Waals surface area contributed by atoms with Crippen molar-refractivity contribution in [1.82, 2.24) is 15.2 Å². The fraction of sp³-hybridized carbons (Fsp3) is 0.533. The van der Waals surface area contributed by atoms with Crippen molar-refractivity contribution in [3.8, 4) is 0 Å². The molecule has 0 atom stereocenters. The van der Waals surface area contributed by atoms with Crippen LogP contribution in [0.25, 0.3) is 0 Å². The van der Waals surface area contributed by atoms with E-state index >= 15 is 0 Å². The highest BCUT2D eigenvalue weighted by Crippen LogP contribution is 2.23. The van der Waals surface area contributed by atoms with Crippen molar-refractivity contribution in [2.24, 2.45) is 10.8 Å². The second kappa shape index (κ2) is 6.24. The summed E-state index contributed by atoms with van der Waals surface area (Å²) >= 11 is 0. The van der Waals surface area contributed by atoms with Gasteiger partial charge in [0.25, 0.3) is 0 Å². The van der Waals surface area contributed by atoms with Gasteiger partial charge in [-0.25, -0.2) is 10.8 Å². The summed E-state index contributed by atoms with van der Waals surface area (Å²) < 4.78 is 0. The zero-order chi connectivity index (χ0) is 13.8. The molecule has 1 aliphatic carbocycles. The number of guanidine groups is 1. The van der Waals surface area contributed by atoms with Crippen molar-refractivity contribution in [3.05, 3.63) is 35.9 Å². The van der Waals surface area contributed by atoms with Crippen molar-refractivity contribution in [2.75, 3.05) is 26.2 Å². The van der Waals surface area contributed by atoms with Crippen LogP contribution < -0.4 is 11.3 Å². The SMILES string of the molecule is NNC(=NC1CC1)N1CCN(Cc2ccccc2)CC1. The Balaban J connectivity index is 1.51. The topological polar surface area (TPSA) is 56.9 Å². The number of hydrogen-bond donors (Lipinski definition) is 2. The molecule has 1 aliphatic heterocycles. The van der Waals surface area contributed by atoms with Gasteiger partial charge in [-0.05, 0) is 18.4 Å². The van der Waals surface area contributed by atoms with Gasteiger partial charge in [0.2, 0.25) is 5.96 Å². The molecule has 1 saturated heterocycles. The lowest BCUT2D eigenvalue weighted by Crippen LogP contribution is -2.53. The summed E-state index contributed by atoms with van der Waals surface area (Å²) in [6, 6.07) is 11.1. The minimum absolute atomic E-state index is 0.503. The highest BCUT2D eigenvalue weighted by Gasteiger charge is 2.24. The molecule has 5 heteroatoms. The summed E-state index contributed by atoms with van der Waals surface area (Å²) in [5.74, 6) is 6.47. The normalized spacial score (nSPS) is 21.1. The molecule has 2 fully saturated rings. The number of nitrogens with zero attached hydrogens (tertiary/aromatic N) is 3. The van der Waals surface area contributed by atoms with Crippen LogP contribution in [-0.4, -0.2) is 48.0 Å². The third-order valence-corrected chi connectivity index (χ3v) is 3.90. The number of nitrogens with two attached hydrogens (primary N) is 1. The van der Waals surface area contributed by atoms with Crippen LogP contribution in [0, 0.1) is 0 Å². The summed E-state index contributed by atoms with van der Waals surface area (Å²) in [6.07, 6.45) is 2.41. The van der Waals surface area contributed by atoms with Gasteiger partial charge < -0.3 is 4.90 Å². The Morgan fingerprint density at radius 1 is 1.15 bits per heavy atom. The van der Waals surface area contributed by atoms with Gasteiger partial charge in [0.15, 0.2) is 0 Å². The van der Waals surface area contributed by atoms with Gasteiger partial charge in [0.05, 0.1) is 6.04 Å². The van der Waals surface area contributed by atoms with E-state index in [-0.39, 0.29) is 0 Å². The molecule has 0 radical (unpaired) electrons. The van der Waals surface area contributed by atoms with Crippen LogP contribution in [0.15, 0.2) is 35.3 Å². The number of piperazine rings is 1. The van der Waals surface area contributed by atoms with Crippen LogP contribution in [0.1, 0.15) is 18.4 Å². The summed E-state index contributed by atoms with van der Waals surface area (Å²) in [5, 5.41) is 0. The molecule has 0 unspecified atom stereocenters. The molecule has 5 nitrogen and oxygen atoms in total. The Hall–Kier alpha value is -1.59. The molecule has 1 heterocycles. The minimum atomic E-state index is 0.503. The number of aliphatic imine (C=N–C) groups is 1. The average Bonchev–Trinajstić information content (AvgIpc) is 3.31. The first kappa shape index (κ1) is 13.4. The summed E-state index contributed by atoms with van der Waals surface area (Å²) in [7, 11) is 0. The van der Waals surface area contributed by atoms with Crippen LogP contribution in [-0.2, 0) is 6.54 Å². The first-order chi connectivity index (χ1) is 9.85. The number of rotatable bonds is 3. The fourth-order valence-electron chi connectivity index (χ4n) is 2.55. The van der Waals surface area contributed by atoms with Crippen LogP contribution in [0.3, 0.4) is 0 Å². The van der Waals surface area contributed by atoms with Gasteiger partial charge in [-0.15, -0.1) is 0 Å². The zero-order valence-corrected chi connectivity index (χ0v) is 11.8. The smallest absolute Gasteiger partial charge is 0.208 e. The average molecular weight is 273 g/mol. The monoisotopic (exact) mass is 273 g/mol. The van der Waals surface area contributed by atoms with Crippen molar-refractivity contribution >= 4 is 5.96 Å². The van der Waals surface area contributed by atoms with Crippen LogP contribution >= 0.6 is 0 Å². The Morgan fingerprint density at radius 2 is 1.85 bits per heavy atom. The van der Waals surface area contributed by atoms with E-state index in [2.05, 4.69) is 50.5 Å². The Kier molecular flexibility index (Phi) is 4.18. The fourth-order valence-corrected chi connectivity index (χ4v) is 2.55. The number of hydrazine groups is 1. The van der Waals surface area contributed by atoms with Crippen molar-refractivity contribution < 1.29 is 0 Å². The van der Waals surface area contributed by atoms with Gasteiger partial charge in [-0.2, -0.15) is 0 Å². The van der Waals surface area contributed by atoms with E-state index in [1.54, 1.807) is 0 Å². The van der Waals surface area contributed by atoms with E-state index in [0.717, 1.165) is 38.7 Å². The standard InChI is InChI=1S/C15H23N5/c16-18-15(17-14-6-7-14)20-10-8-19(9-11-20)12-13-4-2-1-3-5-13/h1-5,14H,6-12,16H2,(H,17,18). The lowest BCUT2D eigenvalue weighted by Gasteiger charge is -2.36. The Morgan fingerprint density at radius 3 is 2.45 bits per heavy atom. The molecule has 3 N–H and O–H groups in total. The maximum absolute atomic E-state index is 5.60. The molecule has 3 rings (SSSR count). The maximum atomic E-state index is 5.60. The molecule has 20 heavy (non-hydrogen) atoms. The minimum Gasteiger partial charge on any atom is -0.339 e. The Bertz CT molecular complexity index is 447. The number of nitrogens with one attached hydrogen (secondary N) is 1. The molecule has 0 amide bonds. The van der Waals surface area contributed by atoms with Gasteiger partial charge in [0, 0.05) is 32.7 Å². The van der Waals surface area contributed by atoms with Gasteiger partial charge >= 0.3 is 0 Å². The molecule has 108 valence electrons. The van der Waals surface area contributed by atoms with Crippen molar-refractivity contribution in [2.45, 2.75) is 25.4 Å². The van der Waals surface area contributed by atoms with E-state index in [1.807, 2.05) is 0 Å². The van der Waals surface area contributed by atoms with E-state index in [0.29, 0.717) is 6.04 Å². The summed E-state index contributed by atoms with van der Waals surface area (Å²) in [4.78, 5) is 9.37. The lowest BCUT2D eigenvalue weighted by atomic mass is 10.2. The van der Waals surface area contributed by atoms with Gasteiger partial charge in [0.1, 0.15) is 0 Å². The van der Waals surface area contributed by atoms with Crippen LogP contribution in [0.5, 0.6) is 0 Å². The summed E-state index contributed by atoms with van der Waals surface area (Å²) in [6.45, 7) is 5.12. The van der Waals surface area contributed by atoms with Gasteiger partial charge in [-0.3, -0.25) is 10.3 Å². The molecular formula is C15H23N5. The van der Waals surface area contributed by atoms with Gasteiger partial charge in [-0.1, -0.05) is 30.3 Å². The number of benzene rings is 1. The van der Waals surface area contributed by atoms with Crippen molar-refractivity contribution in [3.63, 3.8) is 0 Å². The molecule has 0 spiro atoms. The third-order valence-electron chi connectivity index (χ3n) is 3.90. The third kappa shape index (κ3) is 3.49. The van der Waals surface area contributed by atoms with E-state index in [1.165, 1.54) is 18.4 Å². The lowest BCUT2D eigenvalue weighted by molar-refractivity contribution is 0.172. The first-order valence-corrected chi connectivity index (χ1v) is 7.41. The quantitative estimate of drug-likeness (QED) is 0.370. The highest BCUT2D eigenvalue weighted by atomic mass is 15.4. The molecule has 0 aromatic heterocycles. The summed E-state index contributed by atoms with van der Waals surface area (Å²) in [5.41, 5.74) is 4.14. The second-order valence-corrected chi connectivity index (χ2v) is 5.58. The molecular weight excluding hydrogens is 250 g/mol. The molecule has 1 aromatic rings. The number of hydrogen-bond acceptors (Lipinski definition) is 3. The van der Waals surface area contributed by atoms with E-state index in [4.69, 9.17) is 5.84 Å². The molecule has 2 aliphatic rings. The van der Waals surface area contributed by atoms with E-state index < -0.39 is 0 Å².